The van der Waals surface area contributed by atoms with Gasteiger partial charge in [0.05, 0.1) is 10.0 Å². The second kappa shape index (κ2) is 8.78. The van der Waals surface area contributed by atoms with Crippen LogP contribution < -0.4 is 9.80 Å². The summed E-state index contributed by atoms with van der Waals surface area (Å²) in [7, 11) is 2.17. The van der Waals surface area contributed by atoms with Crippen LogP contribution in [0.1, 0.15) is 12.0 Å². The van der Waals surface area contributed by atoms with Crippen molar-refractivity contribution in [2.75, 3.05) is 49.6 Å². The van der Waals surface area contributed by atoms with Gasteiger partial charge in [0, 0.05) is 49.7 Å². The normalized spacial score (nSPS) is 19.4. The molecule has 0 saturated carbocycles. The maximum Gasteiger partial charge on any atom is 0.253 e. The minimum absolute atomic E-state index is 0.0560. The molecule has 2 heterocycles. The van der Waals surface area contributed by atoms with Crippen LogP contribution in [0.4, 0.5) is 11.4 Å². The molecule has 6 heteroatoms. The van der Waals surface area contributed by atoms with Crippen molar-refractivity contribution in [3.63, 3.8) is 0 Å². The molecule has 0 N–H and O–H groups in total. The Balaban J connectivity index is 1.49. The highest BCUT2D eigenvalue weighted by Gasteiger charge is 2.27. The molecule has 2 aromatic rings. The van der Waals surface area contributed by atoms with Gasteiger partial charge >= 0.3 is 0 Å². The van der Waals surface area contributed by atoms with Gasteiger partial charge in [0.25, 0.3) is 5.91 Å². The highest BCUT2D eigenvalue weighted by Crippen LogP contribution is 2.31. The molecule has 0 radical (unpaired) electrons. The van der Waals surface area contributed by atoms with Crippen LogP contribution in [0.25, 0.3) is 0 Å². The number of halogens is 2. The van der Waals surface area contributed by atoms with E-state index in [0.29, 0.717) is 16.6 Å². The molecular formula is C23H25Cl2N3O. The molecule has 1 amide bonds. The van der Waals surface area contributed by atoms with Crippen LogP contribution in [-0.4, -0.2) is 50.6 Å². The van der Waals surface area contributed by atoms with Crippen molar-refractivity contribution in [1.82, 2.24) is 4.90 Å². The first-order valence-electron chi connectivity index (χ1n) is 10.0. The van der Waals surface area contributed by atoms with Gasteiger partial charge in [0.15, 0.2) is 0 Å². The summed E-state index contributed by atoms with van der Waals surface area (Å²) in [6.07, 6.45) is 3.60. The van der Waals surface area contributed by atoms with Crippen molar-refractivity contribution in [3.8, 4) is 0 Å². The third-order valence-corrected chi connectivity index (χ3v) is 6.48. The molecule has 0 bridgehead atoms. The molecule has 2 aliphatic heterocycles. The molecule has 2 saturated heterocycles. The van der Waals surface area contributed by atoms with Crippen LogP contribution in [-0.2, 0) is 11.2 Å². The summed E-state index contributed by atoms with van der Waals surface area (Å²) < 4.78 is 0. The topological polar surface area (TPSA) is 26.8 Å². The van der Waals surface area contributed by atoms with E-state index in [1.165, 1.54) is 11.3 Å². The van der Waals surface area contributed by atoms with Crippen molar-refractivity contribution in [3.05, 3.63) is 69.7 Å². The van der Waals surface area contributed by atoms with Gasteiger partial charge in [-0.3, -0.25) is 4.79 Å². The minimum atomic E-state index is 0.0560. The molecule has 0 aromatic heterocycles. The predicted octanol–water partition coefficient (Wildman–Crippen LogP) is 4.65. The predicted molar refractivity (Wildman–Crippen MR) is 121 cm³/mol. The van der Waals surface area contributed by atoms with E-state index >= 15 is 0 Å². The minimum Gasteiger partial charge on any atom is -0.369 e. The van der Waals surface area contributed by atoms with Gasteiger partial charge in [-0.15, -0.1) is 0 Å². The number of allylic oxidation sites excluding steroid dienone is 1. The first kappa shape index (κ1) is 20.3. The molecule has 0 atom stereocenters. The fourth-order valence-electron chi connectivity index (χ4n) is 3.98. The number of hydrogen-bond donors (Lipinski definition) is 0. The number of benzene rings is 2. The number of anilines is 2. The third-order valence-electron chi connectivity index (χ3n) is 5.74. The molecule has 152 valence electrons. The third kappa shape index (κ3) is 4.45. The summed E-state index contributed by atoms with van der Waals surface area (Å²) in [6, 6.07) is 13.9. The number of nitrogens with zero attached hydrogens (tertiary/aromatic N) is 3. The average Bonchev–Trinajstić information content (AvgIpc) is 3.10. The number of hydrogen-bond acceptors (Lipinski definition) is 3. The van der Waals surface area contributed by atoms with Crippen LogP contribution in [0.3, 0.4) is 0 Å². The average molecular weight is 430 g/mol. The summed E-state index contributed by atoms with van der Waals surface area (Å²) in [5.74, 6) is 0.0560. The second-order valence-electron chi connectivity index (χ2n) is 7.66. The Morgan fingerprint density at radius 2 is 1.72 bits per heavy atom. The highest BCUT2D eigenvalue weighted by molar-refractivity contribution is 6.42. The Bertz CT molecular complexity index is 935. The molecular weight excluding hydrogens is 405 g/mol. The van der Waals surface area contributed by atoms with Gasteiger partial charge in [0.1, 0.15) is 0 Å². The lowest BCUT2D eigenvalue weighted by Gasteiger charge is -2.35. The quantitative estimate of drug-likeness (QED) is 0.661. The molecule has 4 nitrogen and oxygen atoms in total. The zero-order valence-electron chi connectivity index (χ0n) is 16.6. The molecule has 29 heavy (non-hydrogen) atoms. The summed E-state index contributed by atoms with van der Waals surface area (Å²) >= 11 is 12.1. The number of amides is 1. The van der Waals surface area contributed by atoms with E-state index in [9.17, 15) is 4.79 Å². The van der Waals surface area contributed by atoms with Crippen LogP contribution in [0.5, 0.6) is 0 Å². The number of piperazine rings is 1. The van der Waals surface area contributed by atoms with Crippen LogP contribution in [0.15, 0.2) is 54.1 Å². The Morgan fingerprint density at radius 3 is 2.48 bits per heavy atom. The first-order valence-corrected chi connectivity index (χ1v) is 10.8. The van der Waals surface area contributed by atoms with Gasteiger partial charge in [-0.1, -0.05) is 47.5 Å². The maximum absolute atomic E-state index is 12.9. The smallest absolute Gasteiger partial charge is 0.253 e. The van der Waals surface area contributed by atoms with E-state index in [1.54, 1.807) is 17.0 Å². The van der Waals surface area contributed by atoms with Crippen LogP contribution in [0, 0.1) is 0 Å². The first-order chi connectivity index (χ1) is 14.0. The van der Waals surface area contributed by atoms with E-state index in [-0.39, 0.29) is 5.91 Å². The van der Waals surface area contributed by atoms with E-state index in [0.717, 1.165) is 50.3 Å². The van der Waals surface area contributed by atoms with Crippen molar-refractivity contribution in [1.29, 1.82) is 0 Å². The zero-order valence-corrected chi connectivity index (χ0v) is 18.1. The van der Waals surface area contributed by atoms with E-state index in [4.69, 9.17) is 23.2 Å². The number of carbonyl (C=O) groups excluding carboxylic acids is 1. The van der Waals surface area contributed by atoms with Crippen LogP contribution >= 0.6 is 23.2 Å². The zero-order chi connectivity index (χ0) is 20.4. The van der Waals surface area contributed by atoms with Gasteiger partial charge in [-0.25, -0.2) is 0 Å². The SMILES string of the molecule is CN1CCN(c2ccccc2CC=C2CCN(c3ccc(Cl)c(Cl)c3)C2=O)CC1. The molecule has 0 aliphatic carbocycles. The number of rotatable bonds is 4. The summed E-state index contributed by atoms with van der Waals surface area (Å²) in [5, 5.41) is 0.967. The second-order valence-corrected chi connectivity index (χ2v) is 8.47. The largest absolute Gasteiger partial charge is 0.369 e. The molecule has 0 spiro atoms. The van der Waals surface area contributed by atoms with Crippen molar-refractivity contribution in [2.24, 2.45) is 0 Å². The molecule has 0 unspecified atom stereocenters. The summed E-state index contributed by atoms with van der Waals surface area (Å²) in [6.45, 7) is 4.89. The van der Waals surface area contributed by atoms with Crippen molar-refractivity contribution in [2.45, 2.75) is 12.8 Å². The summed E-state index contributed by atoms with van der Waals surface area (Å²) in [5.41, 5.74) is 4.21. The Kier molecular flexibility index (Phi) is 6.14. The monoisotopic (exact) mass is 429 g/mol. The standard InChI is InChI=1S/C23H25Cl2N3O/c1-26-12-14-27(15-13-26)22-5-3-2-4-17(22)6-7-18-10-11-28(23(18)29)19-8-9-20(24)21(25)16-19/h2-5,7-9,16H,6,10-15H2,1H3. The molecule has 2 aliphatic rings. The Hall–Kier alpha value is -2.01. The Morgan fingerprint density at radius 1 is 0.966 bits per heavy atom. The number of carbonyl (C=O) groups is 1. The molecule has 4 rings (SSSR count). The molecule has 2 aromatic carbocycles. The van der Waals surface area contributed by atoms with Crippen molar-refractivity contribution < 1.29 is 4.79 Å². The fourth-order valence-corrected chi connectivity index (χ4v) is 4.27. The Labute approximate surface area is 182 Å². The number of para-hydroxylation sites is 1. The van der Waals surface area contributed by atoms with E-state index in [2.05, 4.69) is 47.2 Å². The lowest BCUT2D eigenvalue weighted by Crippen LogP contribution is -2.44. The van der Waals surface area contributed by atoms with Gasteiger partial charge in [-0.2, -0.15) is 0 Å². The van der Waals surface area contributed by atoms with E-state index < -0.39 is 0 Å². The van der Waals surface area contributed by atoms with Crippen LogP contribution in [0.2, 0.25) is 10.0 Å². The fraction of sp³-hybridized carbons (Fsp3) is 0.348. The summed E-state index contributed by atoms with van der Waals surface area (Å²) in [4.78, 5) is 19.5. The van der Waals surface area contributed by atoms with Crippen molar-refractivity contribution >= 4 is 40.5 Å². The lowest BCUT2D eigenvalue weighted by molar-refractivity contribution is -0.114. The van der Waals surface area contributed by atoms with Gasteiger partial charge < -0.3 is 14.7 Å². The van der Waals surface area contributed by atoms with Gasteiger partial charge in [-0.05, 0) is 49.7 Å². The highest BCUT2D eigenvalue weighted by atomic mass is 35.5. The van der Waals surface area contributed by atoms with E-state index in [1.807, 2.05) is 6.07 Å². The van der Waals surface area contributed by atoms with Gasteiger partial charge in [0.2, 0.25) is 0 Å². The molecule has 2 fully saturated rings. The number of likely N-dealkylation sites (N-methyl/N-ethyl adjacent to an activating group) is 1. The maximum atomic E-state index is 12.9. The lowest BCUT2D eigenvalue weighted by atomic mass is 10.0.